The van der Waals surface area contributed by atoms with Crippen molar-refractivity contribution in [2.24, 2.45) is 5.92 Å². The van der Waals surface area contributed by atoms with Crippen LogP contribution in [0, 0.1) is 5.92 Å². The van der Waals surface area contributed by atoms with E-state index in [1.807, 2.05) is 13.8 Å². The summed E-state index contributed by atoms with van der Waals surface area (Å²) in [6, 6.07) is 0. The molecule has 9 nitrogen and oxygen atoms in total. The Balaban J connectivity index is 2.12. The fourth-order valence-electron chi connectivity index (χ4n) is 3.25. The second kappa shape index (κ2) is 6.87. The number of anilines is 1. The molecule has 0 saturated carbocycles. The number of H-pyrrole nitrogens is 1. The fraction of sp³-hybridized carbons (Fsp3) is 0.667. The summed E-state index contributed by atoms with van der Waals surface area (Å²) in [7, 11) is 1.58. The molecular weight excluding hydrogens is 348 g/mol. The van der Waals surface area contributed by atoms with Crippen LogP contribution in [0.1, 0.15) is 32.9 Å². The van der Waals surface area contributed by atoms with Crippen LogP contribution in [-0.2, 0) is 9.47 Å². The van der Waals surface area contributed by atoms with E-state index in [4.69, 9.17) is 15.2 Å². The van der Waals surface area contributed by atoms with Gasteiger partial charge in [0.2, 0.25) is 5.95 Å². The molecule has 2 aromatic rings. The van der Waals surface area contributed by atoms with Gasteiger partial charge in [0, 0.05) is 13.0 Å². The maximum atomic E-state index is 12.6. The first-order valence-corrected chi connectivity index (χ1v) is 8.96. The molecule has 0 aliphatic carbocycles. The van der Waals surface area contributed by atoms with Crippen molar-refractivity contribution in [2.75, 3.05) is 12.8 Å². The number of nitrogens with one attached hydrogen (secondary N) is 1. The summed E-state index contributed by atoms with van der Waals surface area (Å²) in [5.74, 6) is -0.238. The summed E-state index contributed by atoms with van der Waals surface area (Å²) >= 11 is 0.800. The summed E-state index contributed by atoms with van der Waals surface area (Å²) in [5, 5.41) is 10.2. The lowest BCUT2D eigenvalue weighted by Crippen LogP contribution is -2.30. The van der Waals surface area contributed by atoms with Gasteiger partial charge >= 0.3 is 4.87 Å². The monoisotopic (exact) mass is 370 g/mol. The van der Waals surface area contributed by atoms with Gasteiger partial charge in [-0.1, -0.05) is 18.3 Å². The zero-order chi connectivity index (χ0) is 18.3. The number of aromatic nitrogens is 3. The average Bonchev–Trinajstić information content (AvgIpc) is 3.14. The predicted molar refractivity (Wildman–Crippen MR) is 93.7 cm³/mol. The first-order chi connectivity index (χ1) is 11.9. The standard InChI is InChI=1S/C15H22N4O5S/c1-4-8(20)9-5-7(6(2)23-3)13(24-9)19-11-10(25-15(19)22)12(21)18-14(16)17-11/h6-9,13,20H,4-5H2,1-3H3,(H3,16,17,18,21)/t6-,7-,8-,9-,13+/m0/s1. The molecule has 1 aliphatic heterocycles. The zero-order valence-electron chi connectivity index (χ0n) is 14.3. The molecule has 0 radical (unpaired) electrons. The molecule has 4 N–H and O–H groups in total. The third-order valence-electron chi connectivity index (χ3n) is 4.75. The highest BCUT2D eigenvalue weighted by atomic mass is 32.1. The smallest absolute Gasteiger partial charge is 0.311 e. The van der Waals surface area contributed by atoms with Crippen LogP contribution in [0.4, 0.5) is 5.95 Å². The van der Waals surface area contributed by atoms with Crippen LogP contribution < -0.4 is 16.2 Å². The van der Waals surface area contributed by atoms with Crippen LogP contribution in [0.5, 0.6) is 0 Å². The van der Waals surface area contributed by atoms with Crippen LogP contribution in [-0.4, -0.2) is 45.1 Å². The molecular formula is C15H22N4O5S. The molecule has 1 aliphatic rings. The van der Waals surface area contributed by atoms with E-state index < -0.39 is 24.0 Å². The number of aliphatic hydroxyl groups is 1. The topological polar surface area (TPSA) is 132 Å². The van der Waals surface area contributed by atoms with Crippen LogP contribution in [0.2, 0.25) is 0 Å². The van der Waals surface area contributed by atoms with E-state index in [1.54, 1.807) is 7.11 Å². The molecule has 0 aromatic carbocycles. The van der Waals surface area contributed by atoms with E-state index in [-0.39, 0.29) is 33.2 Å². The average molecular weight is 370 g/mol. The van der Waals surface area contributed by atoms with Crippen LogP contribution in [0.15, 0.2) is 9.59 Å². The summed E-state index contributed by atoms with van der Waals surface area (Å²) in [5.41, 5.74) is 5.38. The van der Waals surface area contributed by atoms with E-state index in [1.165, 1.54) is 4.57 Å². The Morgan fingerprint density at radius 1 is 1.56 bits per heavy atom. The van der Waals surface area contributed by atoms with E-state index in [0.29, 0.717) is 12.8 Å². The van der Waals surface area contributed by atoms with Gasteiger partial charge < -0.3 is 20.3 Å². The quantitative estimate of drug-likeness (QED) is 0.695. The number of nitrogen functional groups attached to an aromatic ring is 1. The summed E-state index contributed by atoms with van der Waals surface area (Å²) in [6.45, 7) is 3.75. The third kappa shape index (κ3) is 3.10. The van der Waals surface area contributed by atoms with Crippen molar-refractivity contribution in [1.82, 2.24) is 14.5 Å². The van der Waals surface area contributed by atoms with Crippen LogP contribution >= 0.6 is 11.3 Å². The minimum absolute atomic E-state index is 0.0662. The lowest BCUT2D eigenvalue weighted by atomic mass is 9.95. The van der Waals surface area contributed by atoms with E-state index in [2.05, 4.69) is 9.97 Å². The van der Waals surface area contributed by atoms with Gasteiger partial charge in [-0.3, -0.25) is 19.1 Å². The number of aliphatic hydroxyl groups excluding tert-OH is 1. The first-order valence-electron chi connectivity index (χ1n) is 8.14. The molecule has 0 spiro atoms. The molecule has 0 bridgehead atoms. The normalized spacial score (nSPS) is 26.2. The van der Waals surface area contributed by atoms with E-state index in [9.17, 15) is 14.7 Å². The fourth-order valence-corrected chi connectivity index (χ4v) is 4.09. The molecule has 10 heteroatoms. The number of methoxy groups -OCH3 is 1. The zero-order valence-corrected chi connectivity index (χ0v) is 15.1. The molecule has 138 valence electrons. The predicted octanol–water partition coefficient (Wildman–Crippen LogP) is 0.438. The molecule has 5 atom stereocenters. The highest BCUT2D eigenvalue weighted by molar-refractivity contribution is 7.16. The molecule has 3 heterocycles. The molecule has 2 aromatic heterocycles. The molecule has 3 rings (SSSR count). The lowest BCUT2D eigenvalue weighted by molar-refractivity contribution is -0.0763. The lowest BCUT2D eigenvalue weighted by Gasteiger charge is -2.24. The summed E-state index contributed by atoms with van der Waals surface area (Å²) in [6.07, 6.45) is -0.874. The van der Waals surface area contributed by atoms with Gasteiger partial charge in [0.25, 0.3) is 5.56 Å². The number of ether oxygens (including phenoxy) is 2. The molecule has 1 saturated heterocycles. The van der Waals surface area contributed by atoms with Crippen molar-refractivity contribution in [3.05, 3.63) is 20.0 Å². The first kappa shape index (κ1) is 18.1. The second-order valence-corrected chi connectivity index (χ2v) is 7.18. The highest BCUT2D eigenvalue weighted by Crippen LogP contribution is 2.39. The number of hydrogen-bond donors (Lipinski definition) is 3. The number of fused-ring (bicyclic) bond motifs is 1. The van der Waals surface area contributed by atoms with Gasteiger partial charge in [-0.15, -0.1) is 0 Å². The van der Waals surface area contributed by atoms with Crippen molar-refractivity contribution < 1.29 is 14.6 Å². The Morgan fingerprint density at radius 2 is 2.28 bits per heavy atom. The maximum Gasteiger partial charge on any atom is 0.311 e. The maximum absolute atomic E-state index is 12.6. The van der Waals surface area contributed by atoms with Gasteiger partial charge in [0.15, 0.2) is 5.65 Å². The summed E-state index contributed by atoms with van der Waals surface area (Å²) < 4.78 is 13.0. The van der Waals surface area contributed by atoms with Gasteiger partial charge in [0.1, 0.15) is 10.9 Å². The number of aromatic amines is 1. The van der Waals surface area contributed by atoms with Crippen molar-refractivity contribution in [3.63, 3.8) is 0 Å². The van der Waals surface area contributed by atoms with Crippen LogP contribution in [0.25, 0.3) is 10.3 Å². The number of thiazole rings is 1. The van der Waals surface area contributed by atoms with Crippen molar-refractivity contribution >= 4 is 27.6 Å². The van der Waals surface area contributed by atoms with Gasteiger partial charge in [-0.05, 0) is 19.8 Å². The number of nitrogens with two attached hydrogens (primary N) is 1. The highest BCUT2D eigenvalue weighted by Gasteiger charge is 2.43. The second-order valence-electron chi connectivity index (χ2n) is 6.22. The van der Waals surface area contributed by atoms with Gasteiger partial charge in [0.05, 0.1) is 18.3 Å². The van der Waals surface area contributed by atoms with Crippen molar-refractivity contribution in [1.29, 1.82) is 0 Å². The number of hydrogen-bond acceptors (Lipinski definition) is 8. The van der Waals surface area contributed by atoms with Gasteiger partial charge in [-0.25, -0.2) is 0 Å². The minimum atomic E-state index is -0.684. The van der Waals surface area contributed by atoms with Crippen molar-refractivity contribution in [2.45, 2.75) is 51.2 Å². The van der Waals surface area contributed by atoms with Gasteiger partial charge in [-0.2, -0.15) is 4.98 Å². The largest absolute Gasteiger partial charge is 0.390 e. The Hall–Kier alpha value is -1.75. The molecule has 0 amide bonds. The minimum Gasteiger partial charge on any atom is -0.390 e. The Bertz CT molecular complexity index is 875. The number of rotatable bonds is 5. The van der Waals surface area contributed by atoms with E-state index in [0.717, 1.165) is 11.3 Å². The molecule has 25 heavy (non-hydrogen) atoms. The van der Waals surface area contributed by atoms with Crippen LogP contribution in [0.3, 0.4) is 0 Å². The van der Waals surface area contributed by atoms with Crippen molar-refractivity contribution in [3.8, 4) is 0 Å². The Labute approximate surface area is 147 Å². The Morgan fingerprint density at radius 3 is 2.92 bits per heavy atom. The summed E-state index contributed by atoms with van der Waals surface area (Å²) in [4.78, 5) is 30.8. The van der Waals surface area contributed by atoms with E-state index >= 15 is 0 Å². The SMILES string of the molecule is CC[C@H](O)[C@@H]1C[C@@H]([C@H](C)OC)[C@H](n2c(=O)sc3c(=O)[nH]c(N)nc32)O1. The molecule has 1 fully saturated rings. The third-order valence-corrected chi connectivity index (χ3v) is 5.70. The number of nitrogens with zero attached hydrogens (tertiary/aromatic N) is 2. The Kier molecular flexibility index (Phi) is 4.96. The molecule has 0 unspecified atom stereocenters.